The Kier molecular flexibility index (Phi) is 15.2. The van der Waals surface area contributed by atoms with Crippen LogP contribution in [-0.2, 0) is 25.1 Å². The van der Waals surface area contributed by atoms with Crippen LogP contribution < -0.4 is 9.55 Å². The Hall–Kier alpha value is -1.42. The molecule has 6 nitrogen and oxygen atoms in total. The van der Waals surface area contributed by atoms with Gasteiger partial charge in [0.25, 0.3) is 0 Å². The van der Waals surface area contributed by atoms with Gasteiger partial charge in [-0.05, 0) is 97.7 Å². The largest absolute Gasteiger partial charge is 0.505 e. The lowest BCUT2D eigenvalue weighted by molar-refractivity contribution is -0.0892. The Labute approximate surface area is 318 Å². The number of thiophene rings is 2. The molecule has 10 heteroatoms. The van der Waals surface area contributed by atoms with E-state index in [1.54, 1.807) is 44.0 Å². The lowest BCUT2D eigenvalue weighted by Crippen LogP contribution is -2.49. The van der Waals surface area contributed by atoms with E-state index in [-0.39, 0.29) is 5.97 Å². The van der Waals surface area contributed by atoms with E-state index in [4.69, 9.17) is 18.7 Å². The first kappa shape index (κ1) is 42.3. The van der Waals surface area contributed by atoms with E-state index in [1.165, 1.54) is 57.8 Å². The molecule has 1 fully saturated rings. The standard InChI is InChI=1S/C41H65B2O6S2/c1-11-13-15-17-18-19-20-21-22-24-26-46-37(44)34-29(25-23-16-14-12-2)30-28-33(43-48-40(7,8)41(9,10)49-43)51-35(30)36-31(34)27-32(50-36)42-47-39(5,6)38(3,4)45/h27-28,45H,11-26H2,1-10H3. The van der Waals surface area contributed by atoms with Gasteiger partial charge in [-0.25, -0.2) is 4.79 Å². The molecule has 0 amide bonds. The third-order valence-corrected chi connectivity index (χ3v) is 13.6. The molecular weight excluding hydrogens is 674 g/mol. The quantitative estimate of drug-likeness (QED) is 0.0628. The van der Waals surface area contributed by atoms with Gasteiger partial charge in [0.1, 0.15) is 0 Å². The molecule has 3 aromatic rings. The molecule has 0 unspecified atom stereocenters. The van der Waals surface area contributed by atoms with Crippen LogP contribution in [0.1, 0.15) is 175 Å². The van der Waals surface area contributed by atoms with Gasteiger partial charge in [-0.2, -0.15) is 0 Å². The highest BCUT2D eigenvalue weighted by atomic mass is 32.1. The molecule has 283 valence electrons. The third kappa shape index (κ3) is 10.6. The summed E-state index contributed by atoms with van der Waals surface area (Å²) < 4.78 is 29.4. The van der Waals surface area contributed by atoms with Crippen molar-refractivity contribution in [1.82, 2.24) is 0 Å². The van der Waals surface area contributed by atoms with Crippen molar-refractivity contribution >= 4 is 73.0 Å². The lowest BCUT2D eigenvalue weighted by atomic mass is 9.85. The van der Waals surface area contributed by atoms with Crippen LogP contribution in [-0.4, -0.2) is 54.7 Å². The molecule has 1 saturated heterocycles. The van der Waals surface area contributed by atoms with Crippen LogP contribution in [0, 0.1) is 0 Å². The van der Waals surface area contributed by atoms with E-state index < -0.39 is 29.5 Å². The number of carbonyl (C=O) groups excluding carboxylic acids is 1. The van der Waals surface area contributed by atoms with E-state index in [1.807, 2.05) is 13.8 Å². The SMILES string of the molecule is CCCCCCCCCCCCOC(=O)c1c(CCCCCC)c2cc(B3OC(C)(C)C(C)(C)O3)sc2c2sc([B]OC(C)(C)C(C)(C)O)cc12. The Morgan fingerprint density at radius 1 is 0.784 bits per heavy atom. The van der Waals surface area contributed by atoms with Gasteiger partial charge >= 0.3 is 20.6 Å². The molecular formula is C41H65B2O6S2. The number of fused-ring (bicyclic) bond motifs is 3. The minimum atomic E-state index is -1.05. The molecule has 1 aliphatic rings. The number of unbranched alkanes of at least 4 members (excludes halogenated alkanes) is 12. The van der Waals surface area contributed by atoms with Crippen molar-refractivity contribution in [2.45, 2.75) is 188 Å². The summed E-state index contributed by atoms with van der Waals surface area (Å²) in [6.07, 6.45) is 17.6. The van der Waals surface area contributed by atoms with E-state index in [0.29, 0.717) is 12.2 Å². The van der Waals surface area contributed by atoms with Crippen molar-refractivity contribution in [1.29, 1.82) is 0 Å². The van der Waals surface area contributed by atoms with Gasteiger partial charge in [0.2, 0.25) is 0 Å². The number of benzene rings is 1. The van der Waals surface area contributed by atoms with Crippen LogP contribution in [0.25, 0.3) is 20.2 Å². The summed E-state index contributed by atoms with van der Waals surface area (Å²) in [6, 6.07) is 4.27. The van der Waals surface area contributed by atoms with Gasteiger partial charge in [0, 0.05) is 14.9 Å². The zero-order valence-electron chi connectivity index (χ0n) is 33.4. The number of hydrogen-bond donors (Lipinski definition) is 1. The highest BCUT2D eigenvalue weighted by Gasteiger charge is 2.52. The molecule has 1 N–H and O–H groups in total. The van der Waals surface area contributed by atoms with Gasteiger partial charge in [-0.1, -0.05) is 90.9 Å². The second-order valence-electron chi connectivity index (χ2n) is 16.7. The number of rotatable bonds is 22. The third-order valence-electron chi connectivity index (χ3n) is 11.2. The zero-order chi connectivity index (χ0) is 37.5. The number of esters is 1. The van der Waals surface area contributed by atoms with Crippen molar-refractivity contribution in [3.05, 3.63) is 23.3 Å². The fourth-order valence-electron chi connectivity index (χ4n) is 6.40. The smallest absolute Gasteiger partial charge is 0.462 e. The fraction of sp³-hybridized carbons (Fsp3) is 0.732. The number of carbonyl (C=O) groups is 1. The van der Waals surface area contributed by atoms with Crippen LogP contribution >= 0.6 is 22.7 Å². The lowest BCUT2D eigenvalue weighted by Gasteiger charge is -2.37. The molecule has 1 aromatic carbocycles. The van der Waals surface area contributed by atoms with E-state index in [0.717, 1.165) is 73.8 Å². The second-order valence-corrected chi connectivity index (χ2v) is 18.8. The second kappa shape index (κ2) is 18.3. The van der Waals surface area contributed by atoms with Crippen molar-refractivity contribution < 1.29 is 28.6 Å². The zero-order valence-corrected chi connectivity index (χ0v) is 35.1. The van der Waals surface area contributed by atoms with Crippen LogP contribution in [0.4, 0.5) is 0 Å². The Morgan fingerprint density at radius 3 is 1.88 bits per heavy atom. The maximum absolute atomic E-state index is 14.2. The van der Waals surface area contributed by atoms with Crippen LogP contribution in [0.5, 0.6) is 0 Å². The average molecular weight is 740 g/mol. The van der Waals surface area contributed by atoms with Gasteiger partial charge < -0.3 is 23.8 Å². The monoisotopic (exact) mass is 739 g/mol. The molecule has 51 heavy (non-hydrogen) atoms. The highest BCUT2D eigenvalue weighted by Crippen LogP contribution is 2.42. The first-order chi connectivity index (χ1) is 24.0. The maximum Gasteiger partial charge on any atom is 0.505 e. The van der Waals surface area contributed by atoms with Gasteiger partial charge in [-0.15, -0.1) is 22.7 Å². The fourth-order valence-corrected chi connectivity index (χ4v) is 8.73. The van der Waals surface area contributed by atoms with E-state index in [2.05, 4.69) is 53.7 Å². The summed E-state index contributed by atoms with van der Waals surface area (Å²) in [5, 5.41) is 12.7. The predicted octanol–water partition coefficient (Wildman–Crippen LogP) is 10.4. The predicted molar refractivity (Wildman–Crippen MR) is 220 cm³/mol. The summed E-state index contributed by atoms with van der Waals surface area (Å²) in [6.45, 7) is 20.5. The van der Waals surface area contributed by atoms with Crippen molar-refractivity contribution in [3.8, 4) is 0 Å². The number of hydrogen-bond acceptors (Lipinski definition) is 8. The van der Waals surface area contributed by atoms with Crippen molar-refractivity contribution in [2.75, 3.05) is 6.61 Å². The molecule has 0 atom stereocenters. The van der Waals surface area contributed by atoms with Crippen molar-refractivity contribution in [2.24, 2.45) is 0 Å². The summed E-state index contributed by atoms with van der Waals surface area (Å²) in [4.78, 5) is 14.2. The van der Waals surface area contributed by atoms with Crippen LogP contribution in [0.3, 0.4) is 0 Å². The molecule has 0 bridgehead atoms. The minimum Gasteiger partial charge on any atom is -0.462 e. The summed E-state index contributed by atoms with van der Waals surface area (Å²) >= 11 is 3.30. The van der Waals surface area contributed by atoms with Crippen LogP contribution in [0.15, 0.2) is 12.1 Å². The molecule has 0 aliphatic carbocycles. The molecule has 3 heterocycles. The van der Waals surface area contributed by atoms with Gasteiger partial charge in [0.05, 0.1) is 44.0 Å². The number of ether oxygens (including phenoxy) is 1. The molecule has 4 rings (SSSR count). The first-order valence-electron chi connectivity index (χ1n) is 19.8. The topological polar surface area (TPSA) is 74.2 Å². The summed E-state index contributed by atoms with van der Waals surface area (Å²) in [5.74, 6) is -0.242. The Bertz CT molecular complexity index is 1550. The normalized spacial score (nSPS) is 16.1. The molecule has 1 radical (unpaired) electrons. The van der Waals surface area contributed by atoms with Gasteiger partial charge in [0.15, 0.2) is 0 Å². The number of aryl methyl sites for hydroxylation is 1. The summed E-state index contributed by atoms with van der Waals surface area (Å²) in [7, 11) is 1.25. The van der Waals surface area contributed by atoms with E-state index in [9.17, 15) is 9.90 Å². The highest BCUT2D eigenvalue weighted by molar-refractivity contribution is 7.34. The van der Waals surface area contributed by atoms with E-state index >= 15 is 0 Å². The molecule has 0 saturated carbocycles. The molecule has 1 aliphatic heterocycles. The first-order valence-corrected chi connectivity index (χ1v) is 21.4. The summed E-state index contributed by atoms with van der Waals surface area (Å²) in [5.41, 5.74) is -1.03. The average Bonchev–Trinajstić information content (AvgIpc) is 3.73. The Morgan fingerprint density at radius 2 is 1.31 bits per heavy atom. The number of aliphatic hydroxyl groups is 1. The maximum atomic E-state index is 14.2. The molecule has 0 spiro atoms. The molecule has 2 aromatic heterocycles. The Balaban J connectivity index is 1.66. The van der Waals surface area contributed by atoms with Crippen LogP contribution in [0.2, 0.25) is 0 Å². The van der Waals surface area contributed by atoms with Crippen molar-refractivity contribution in [3.63, 3.8) is 0 Å². The minimum absolute atomic E-state index is 0.242. The van der Waals surface area contributed by atoms with Gasteiger partial charge in [-0.3, -0.25) is 0 Å².